The first kappa shape index (κ1) is 17.0. The average Bonchev–Trinajstić information content (AvgIpc) is 3.08. The smallest absolute Gasteiger partial charge is 0.409 e. The molecule has 3 aliphatic rings. The van der Waals surface area contributed by atoms with Gasteiger partial charge in [-0.3, -0.25) is 9.69 Å². The van der Waals surface area contributed by atoms with Gasteiger partial charge in [-0.05, 0) is 39.0 Å². The van der Waals surface area contributed by atoms with E-state index in [9.17, 15) is 14.4 Å². The van der Waals surface area contributed by atoms with E-state index in [-0.39, 0.29) is 24.1 Å². The Hall–Kier alpha value is -1.79. The number of ether oxygens (including phenoxy) is 1. The highest BCUT2D eigenvalue weighted by atomic mass is 16.6. The molecule has 0 spiro atoms. The van der Waals surface area contributed by atoms with Crippen molar-refractivity contribution < 1.29 is 19.1 Å². The zero-order valence-corrected chi connectivity index (χ0v) is 14.6. The van der Waals surface area contributed by atoms with Crippen LogP contribution in [0.25, 0.3) is 0 Å². The lowest BCUT2D eigenvalue weighted by molar-refractivity contribution is -0.134. The van der Waals surface area contributed by atoms with Crippen molar-refractivity contribution in [2.75, 3.05) is 26.2 Å². The monoisotopic (exact) mass is 337 g/mol. The standard InChI is InChI=1S/C17H27N3O4/c1-3-8-17-9-5-10-19(17)15(22)20(14(17)21)13-6-11-18(12-7-13)16(23)24-4-2/h13H,3-12H2,1-2H3/t17-/m1/s1. The molecule has 4 amide bonds. The number of amides is 4. The molecule has 0 bridgehead atoms. The van der Waals surface area contributed by atoms with Gasteiger partial charge < -0.3 is 14.5 Å². The topological polar surface area (TPSA) is 70.2 Å². The first-order valence-electron chi connectivity index (χ1n) is 9.12. The van der Waals surface area contributed by atoms with Crippen molar-refractivity contribution in [1.29, 1.82) is 0 Å². The van der Waals surface area contributed by atoms with E-state index in [0.29, 0.717) is 39.1 Å². The number of carbonyl (C=O) groups is 3. The molecular weight excluding hydrogens is 310 g/mol. The molecule has 0 aromatic rings. The van der Waals surface area contributed by atoms with Crippen LogP contribution in [0, 0.1) is 0 Å². The predicted molar refractivity (Wildman–Crippen MR) is 87.4 cm³/mol. The number of imide groups is 1. The molecule has 3 heterocycles. The lowest BCUT2D eigenvalue weighted by Crippen LogP contribution is -2.50. The third-order valence-electron chi connectivity index (χ3n) is 5.56. The Balaban J connectivity index is 1.69. The SMILES string of the molecule is CCC[C@]12CCCN1C(=O)N(C1CCN(C(=O)OCC)CC1)C2=O. The number of hydrogen-bond donors (Lipinski definition) is 0. The van der Waals surface area contributed by atoms with E-state index < -0.39 is 5.54 Å². The summed E-state index contributed by atoms with van der Waals surface area (Å²) in [6.45, 7) is 5.94. The van der Waals surface area contributed by atoms with Crippen molar-refractivity contribution in [1.82, 2.24) is 14.7 Å². The van der Waals surface area contributed by atoms with Crippen molar-refractivity contribution in [3.05, 3.63) is 0 Å². The van der Waals surface area contributed by atoms with Gasteiger partial charge in [0, 0.05) is 25.7 Å². The molecule has 3 rings (SSSR count). The molecule has 0 saturated carbocycles. The molecule has 3 saturated heterocycles. The number of hydrogen-bond acceptors (Lipinski definition) is 4. The van der Waals surface area contributed by atoms with Gasteiger partial charge in [0.2, 0.25) is 0 Å². The molecule has 0 aromatic heterocycles. The Morgan fingerprint density at radius 1 is 1.21 bits per heavy atom. The highest BCUT2D eigenvalue weighted by Crippen LogP contribution is 2.42. The lowest BCUT2D eigenvalue weighted by atomic mass is 9.90. The highest BCUT2D eigenvalue weighted by Gasteiger charge is 2.60. The number of fused-ring (bicyclic) bond motifs is 1. The van der Waals surface area contributed by atoms with Gasteiger partial charge in [0.15, 0.2) is 0 Å². The summed E-state index contributed by atoms with van der Waals surface area (Å²) in [5.41, 5.74) is -0.593. The fraction of sp³-hybridized carbons (Fsp3) is 0.824. The van der Waals surface area contributed by atoms with Crippen molar-refractivity contribution in [2.45, 2.75) is 64.0 Å². The summed E-state index contributed by atoms with van der Waals surface area (Å²) in [6, 6.07) is -0.226. The summed E-state index contributed by atoms with van der Waals surface area (Å²) < 4.78 is 5.02. The van der Waals surface area contributed by atoms with Crippen LogP contribution in [0.5, 0.6) is 0 Å². The van der Waals surface area contributed by atoms with Gasteiger partial charge in [0.1, 0.15) is 5.54 Å². The summed E-state index contributed by atoms with van der Waals surface area (Å²) >= 11 is 0. The highest BCUT2D eigenvalue weighted by molar-refractivity contribution is 6.07. The van der Waals surface area contributed by atoms with E-state index in [2.05, 4.69) is 6.92 Å². The summed E-state index contributed by atoms with van der Waals surface area (Å²) in [6.07, 6.45) is 4.29. The Kier molecular flexibility index (Phi) is 4.69. The van der Waals surface area contributed by atoms with Gasteiger partial charge in [-0.25, -0.2) is 9.59 Å². The van der Waals surface area contributed by atoms with E-state index in [1.165, 1.54) is 4.90 Å². The molecule has 24 heavy (non-hydrogen) atoms. The fourth-order valence-corrected chi connectivity index (χ4v) is 4.44. The third kappa shape index (κ3) is 2.54. The van der Waals surface area contributed by atoms with Crippen LogP contribution in [0.4, 0.5) is 9.59 Å². The van der Waals surface area contributed by atoms with Crippen LogP contribution >= 0.6 is 0 Å². The lowest BCUT2D eigenvalue weighted by Gasteiger charge is -2.35. The van der Waals surface area contributed by atoms with Crippen molar-refractivity contribution in [2.24, 2.45) is 0 Å². The van der Waals surface area contributed by atoms with Gasteiger partial charge in [0.05, 0.1) is 6.61 Å². The van der Waals surface area contributed by atoms with Gasteiger partial charge in [-0.15, -0.1) is 0 Å². The molecule has 0 N–H and O–H groups in total. The molecule has 0 unspecified atom stereocenters. The Morgan fingerprint density at radius 2 is 1.92 bits per heavy atom. The summed E-state index contributed by atoms with van der Waals surface area (Å²) in [5, 5.41) is 0. The number of rotatable bonds is 4. The molecule has 7 nitrogen and oxygen atoms in total. The first-order chi connectivity index (χ1) is 11.5. The van der Waals surface area contributed by atoms with E-state index in [4.69, 9.17) is 4.74 Å². The number of piperidine rings is 1. The maximum Gasteiger partial charge on any atom is 0.409 e. The van der Waals surface area contributed by atoms with Crippen molar-refractivity contribution in [3.8, 4) is 0 Å². The second kappa shape index (κ2) is 6.61. The van der Waals surface area contributed by atoms with Crippen molar-refractivity contribution >= 4 is 18.0 Å². The van der Waals surface area contributed by atoms with Crippen LogP contribution in [-0.2, 0) is 9.53 Å². The van der Waals surface area contributed by atoms with Gasteiger partial charge in [0.25, 0.3) is 5.91 Å². The van der Waals surface area contributed by atoms with E-state index >= 15 is 0 Å². The van der Waals surface area contributed by atoms with Gasteiger partial charge >= 0.3 is 12.1 Å². The Labute approximate surface area is 142 Å². The zero-order chi connectivity index (χ0) is 17.3. The molecule has 0 aliphatic carbocycles. The minimum atomic E-state index is -0.593. The van der Waals surface area contributed by atoms with Crippen LogP contribution < -0.4 is 0 Å². The fourth-order valence-electron chi connectivity index (χ4n) is 4.44. The molecule has 3 fully saturated rings. The largest absolute Gasteiger partial charge is 0.450 e. The number of carbonyl (C=O) groups excluding carboxylic acids is 3. The molecule has 0 aromatic carbocycles. The first-order valence-corrected chi connectivity index (χ1v) is 9.12. The molecule has 134 valence electrons. The van der Waals surface area contributed by atoms with Crippen LogP contribution in [0.1, 0.15) is 52.4 Å². The third-order valence-corrected chi connectivity index (χ3v) is 5.56. The van der Waals surface area contributed by atoms with Crippen molar-refractivity contribution in [3.63, 3.8) is 0 Å². The minimum absolute atomic E-state index is 0.0126. The summed E-state index contributed by atoms with van der Waals surface area (Å²) in [5.74, 6) is -0.0126. The second-order valence-corrected chi connectivity index (χ2v) is 6.91. The molecule has 1 atom stereocenters. The maximum absolute atomic E-state index is 13.1. The van der Waals surface area contributed by atoms with E-state index in [0.717, 1.165) is 25.7 Å². The van der Waals surface area contributed by atoms with Crippen LogP contribution in [-0.4, -0.2) is 70.6 Å². The molecule has 7 heteroatoms. The second-order valence-electron chi connectivity index (χ2n) is 6.91. The molecule has 3 aliphatic heterocycles. The zero-order valence-electron chi connectivity index (χ0n) is 14.6. The number of nitrogens with zero attached hydrogens (tertiary/aromatic N) is 3. The van der Waals surface area contributed by atoms with E-state index in [1.54, 1.807) is 16.7 Å². The van der Waals surface area contributed by atoms with Crippen LogP contribution in [0.2, 0.25) is 0 Å². The summed E-state index contributed by atoms with van der Waals surface area (Å²) in [4.78, 5) is 42.7. The van der Waals surface area contributed by atoms with E-state index in [1.807, 2.05) is 0 Å². The normalized spacial score (nSPS) is 27.8. The molecule has 0 radical (unpaired) electrons. The van der Waals surface area contributed by atoms with Crippen LogP contribution in [0.15, 0.2) is 0 Å². The van der Waals surface area contributed by atoms with Gasteiger partial charge in [-0.1, -0.05) is 13.3 Å². The Bertz CT molecular complexity index is 530. The molecular formula is C17H27N3O4. The number of likely N-dealkylation sites (tertiary alicyclic amines) is 1. The number of urea groups is 1. The van der Waals surface area contributed by atoms with Gasteiger partial charge in [-0.2, -0.15) is 0 Å². The predicted octanol–water partition coefficient (Wildman–Crippen LogP) is 2.20. The summed E-state index contributed by atoms with van der Waals surface area (Å²) in [7, 11) is 0. The quantitative estimate of drug-likeness (QED) is 0.738. The Morgan fingerprint density at radius 3 is 2.54 bits per heavy atom. The average molecular weight is 337 g/mol. The minimum Gasteiger partial charge on any atom is -0.450 e. The maximum atomic E-state index is 13.1. The van der Waals surface area contributed by atoms with Crippen LogP contribution in [0.3, 0.4) is 0 Å².